The molecule has 0 radical (unpaired) electrons. The van der Waals surface area contributed by atoms with Gasteiger partial charge in [-0.05, 0) is 43.4 Å². The smallest absolute Gasteiger partial charge is 0.160 e. The van der Waals surface area contributed by atoms with Gasteiger partial charge in [-0.1, -0.05) is 73.7 Å². The molecule has 0 unspecified atom stereocenters. The van der Waals surface area contributed by atoms with Crippen molar-refractivity contribution in [3.05, 3.63) is 84.2 Å². The van der Waals surface area contributed by atoms with Crippen molar-refractivity contribution in [1.29, 1.82) is 0 Å². The van der Waals surface area contributed by atoms with E-state index in [4.69, 9.17) is 9.97 Å². The molecule has 0 aliphatic heterocycles. The first kappa shape index (κ1) is 17.1. The van der Waals surface area contributed by atoms with Gasteiger partial charge in [0.15, 0.2) is 5.82 Å². The number of hydrogen-bond acceptors (Lipinski definition) is 2. The molecule has 0 bridgehead atoms. The van der Waals surface area contributed by atoms with E-state index >= 15 is 0 Å². The quantitative estimate of drug-likeness (QED) is 0.606. The molecule has 1 aromatic carbocycles. The fourth-order valence-electron chi connectivity index (χ4n) is 2.95. The zero-order valence-corrected chi connectivity index (χ0v) is 14.9. The number of rotatable bonds is 5. The van der Waals surface area contributed by atoms with Gasteiger partial charge in [-0.3, -0.25) is 0 Å². The minimum absolute atomic E-state index is 0.787. The van der Waals surface area contributed by atoms with Gasteiger partial charge in [0.25, 0.3) is 0 Å². The van der Waals surface area contributed by atoms with Crippen LogP contribution < -0.4 is 0 Å². The normalized spacial score (nSPS) is 14.8. The number of benzene rings is 1. The molecule has 2 heteroatoms. The fraction of sp³-hybridized carbons (Fsp3) is 0.217. The van der Waals surface area contributed by atoms with Crippen molar-refractivity contribution in [2.75, 3.05) is 0 Å². The van der Waals surface area contributed by atoms with Gasteiger partial charge >= 0.3 is 0 Å². The minimum atomic E-state index is 0.787. The van der Waals surface area contributed by atoms with Crippen LogP contribution >= 0.6 is 0 Å². The van der Waals surface area contributed by atoms with Gasteiger partial charge in [0.05, 0.1) is 11.4 Å². The van der Waals surface area contributed by atoms with Crippen LogP contribution in [0.3, 0.4) is 0 Å². The van der Waals surface area contributed by atoms with E-state index in [0.29, 0.717) is 0 Å². The minimum Gasteiger partial charge on any atom is -0.228 e. The maximum Gasteiger partial charge on any atom is 0.160 e. The van der Waals surface area contributed by atoms with Crippen LogP contribution in [0.5, 0.6) is 0 Å². The van der Waals surface area contributed by atoms with E-state index in [1.165, 1.54) is 5.57 Å². The van der Waals surface area contributed by atoms with Gasteiger partial charge in [-0.15, -0.1) is 0 Å². The topological polar surface area (TPSA) is 25.8 Å². The molecule has 0 N–H and O–H groups in total. The first-order chi connectivity index (χ1) is 12.3. The molecule has 0 atom stereocenters. The molecule has 25 heavy (non-hydrogen) atoms. The highest BCUT2D eigenvalue weighted by molar-refractivity contribution is 5.76. The van der Waals surface area contributed by atoms with Crippen LogP contribution in [-0.4, -0.2) is 9.97 Å². The Balaban J connectivity index is 2.16. The summed E-state index contributed by atoms with van der Waals surface area (Å²) in [4.78, 5) is 9.73. The Morgan fingerprint density at radius 1 is 1.16 bits per heavy atom. The van der Waals surface area contributed by atoms with Crippen LogP contribution in [-0.2, 0) is 0 Å². The SMILES string of the molecule is C/C=C\C(=C/CC)c1cc(C2=CC=CCC2)nc(-c2ccccc2)n1. The second-order valence-corrected chi connectivity index (χ2v) is 6.05. The van der Waals surface area contributed by atoms with E-state index in [9.17, 15) is 0 Å². The van der Waals surface area contributed by atoms with Gasteiger partial charge in [0.1, 0.15) is 0 Å². The maximum atomic E-state index is 4.87. The number of hydrogen-bond donors (Lipinski definition) is 0. The Labute approximate surface area is 150 Å². The fourth-order valence-corrected chi connectivity index (χ4v) is 2.95. The molecule has 2 nitrogen and oxygen atoms in total. The largest absolute Gasteiger partial charge is 0.228 e. The van der Waals surface area contributed by atoms with Crippen LogP contribution in [0.25, 0.3) is 22.5 Å². The lowest BCUT2D eigenvalue weighted by atomic mass is 9.99. The molecule has 0 amide bonds. The molecule has 0 saturated heterocycles. The molecule has 0 fully saturated rings. The summed E-state index contributed by atoms with van der Waals surface area (Å²) in [6, 6.07) is 12.3. The molecule has 0 spiro atoms. The summed E-state index contributed by atoms with van der Waals surface area (Å²) in [6.45, 7) is 4.19. The number of allylic oxidation sites excluding steroid dienone is 8. The van der Waals surface area contributed by atoms with Crippen molar-refractivity contribution in [2.24, 2.45) is 0 Å². The molecule has 3 rings (SSSR count). The zero-order chi connectivity index (χ0) is 17.5. The Morgan fingerprint density at radius 2 is 2.00 bits per heavy atom. The van der Waals surface area contributed by atoms with Crippen LogP contribution in [0.4, 0.5) is 0 Å². The van der Waals surface area contributed by atoms with Gasteiger partial charge in [0.2, 0.25) is 0 Å². The van der Waals surface area contributed by atoms with E-state index in [1.807, 2.05) is 25.1 Å². The molecular weight excluding hydrogens is 304 g/mol. The molecule has 2 aromatic rings. The summed E-state index contributed by atoms with van der Waals surface area (Å²) >= 11 is 0. The van der Waals surface area contributed by atoms with E-state index in [1.54, 1.807) is 0 Å². The van der Waals surface area contributed by atoms with Gasteiger partial charge in [0, 0.05) is 5.56 Å². The lowest BCUT2D eigenvalue weighted by molar-refractivity contribution is 1.03. The third kappa shape index (κ3) is 4.21. The summed E-state index contributed by atoms with van der Waals surface area (Å²) in [6.07, 6.45) is 16.0. The Morgan fingerprint density at radius 3 is 2.68 bits per heavy atom. The van der Waals surface area contributed by atoms with Gasteiger partial charge < -0.3 is 0 Å². The highest BCUT2D eigenvalue weighted by atomic mass is 14.9. The zero-order valence-electron chi connectivity index (χ0n) is 14.9. The van der Waals surface area contributed by atoms with E-state index in [0.717, 1.165) is 47.6 Å². The van der Waals surface area contributed by atoms with E-state index < -0.39 is 0 Å². The average Bonchev–Trinajstić information content (AvgIpc) is 2.69. The third-order valence-electron chi connectivity index (χ3n) is 4.17. The Bertz CT molecular complexity index is 840. The number of nitrogens with zero attached hydrogens (tertiary/aromatic N) is 2. The van der Waals surface area contributed by atoms with E-state index in [2.05, 4.69) is 61.6 Å². The van der Waals surface area contributed by atoms with Crippen LogP contribution in [0.15, 0.2) is 72.9 Å². The summed E-state index contributed by atoms with van der Waals surface area (Å²) < 4.78 is 0. The predicted octanol–water partition coefficient (Wildman–Crippen LogP) is 6.25. The van der Waals surface area contributed by atoms with Crippen LogP contribution in [0.2, 0.25) is 0 Å². The summed E-state index contributed by atoms with van der Waals surface area (Å²) in [5, 5.41) is 0. The van der Waals surface area contributed by atoms with Crippen molar-refractivity contribution >= 4 is 11.1 Å². The molecule has 126 valence electrons. The van der Waals surface area contributed by atoms with Crippen LogP contribution in [0.1, 0.15) is 44.5 Å². The Hall–Kier alpha value is -2.74. The molecule has 1 aliphatic carbocycles. The van der Waals surface area contributed by atoms with Gasteiger partial charge in [-0.2, -0.15) is 0 Å². The molecule has 1 aromatic heterocycles. The van der Waals surface area contributed by atoms with Crippen molar-refractivity contribution in [3.8, 4) is 11.4 Å². The summed E-state index contributed by atoms with van der Waals surface area (Å²) in [7, 11) is 0. The molecule has 1 aliphatic rings. The second-order valence-electron chi connectivity index (χ2n) is 6.05. The first-order valence-electron chi connectivity index (χ1n) is 8.95. The maximum absolute atomic E-state index is 4.87. The monoisotopic (exact) mass is 328 g/mol. The van der Waals surface area contributed by atoms with Crippen molar-refractivity contribution in [1.82, 2.24) is 9.97 Å². The van der Waals surface area contributed by atoms with Crippen molar-refractivity contribution in [3.63, 3.8) is 0 Å². The third-order valence-corrected chi connectivity index (χ3v) is 4.17. The molecule has 1 heterocycles. The summed E-state index contributed by atoms with van der Waals surface area (Å²) in [5.41, 5.74) is 5.49. The highest BCUT2D eigenvalue weighted by Crippen LogP contribution is 2.27. The lowest BCUT2D eigenvalue weighted by Gasteiger charge is -2.13. The lowest BCUT2D eigenvalue weighted by Crippen LogP contribution is -2.01. The average molecular weight is 328 g/mol. The summed E-state index contributed by atoms with van der Waals surface area (Å²) in [5.74, 6) is 0.787. The number of aromatic nitrogens is 2. The van der Waals surface area contributed by atoms with Gasteiger partial charge in [-0.25, -0.2) is 9.97 Å². The first-order valence-corrected chi connectivity index (χ1v) is 8.95. The van der Waals surface area contributed by atoms with E-state index in [-0.39, 0.29) is 0 Å². The Kier molecular flexibility index (Phi) is 5.73. The standard InChI is InChI=1S/C23H24N2/c1-3-11-18(12-4-2)21-17-22(19-13-7-5-8-14-19)25-23(24-21)20-15-9-6-10-16-20/h3,5-7,9-13,15-17H,4,8,14H2,1-2H3/b11-3-,18-12+. The van der Waals surface area contributed by atoms with Crippen molar-refractivity contribution < 1.29 is 0 Å². The second kappa shape index (κ2) is 8.39. The molecular formula is C23H24N2. The van der Waals surface area contributed by atoms with Crippen molar-refractivity contribution in [2.45, 2.75) is 33.1 Å². The predicted molar refractivity (Wildman–Crippen MR) is 107 cm³/mol. The highest BCUT2D eigenvalue weighted by Gasteiger charge is 2.12. The molecule has 0 saturated carbocycles. The van der Waals surface area contributed by atoms with Crippen LogP contribution in [0, 0.1) is 0 Å².